The van der Waals surface area contributed by atoms with Gasteiger partial charge in [-0.15, -0.1) is 0 Å². The van der Waals surface area contributed by atoms with Crippen LogP contribution in [0.15, 0.2) is 58.6 Å². The van der Waals surface area contributed by atoms with E-state index in [2.05, 4.69) is 18.2 Å². The second kappa shape index (κ2) is 7.50. The molecule has 1 saturated carbocycles. The number of hydrogen-bond acceptors (Lipinski definition) is 2. The van der Waals surface area contributed by atoms with E-state index in [0.29, 0.717) is 5.92 Å². The number of carbonyl (C=O) groups is 1. The van der Waals surface area contributed by atoms with E-state index in [1.54, 1.807) is 12.1 Å². The van der Waals surface area contributed by atoms with Gasteiger partial charge in [-0.1, -0.05) is 44.2 Å². The fourth-order valence-corrected chi connectivity index (χ4v) is 4.88. The molecule has 3 atom stereocenters. The molecule has 0 saturated heterocycles. The first kappa shape index (κ1) is 18.9. The van der Waals surface area contributed by atoms with Crippen molar-refractivity contribution >= 4 is 17.3 Å². The lowest BCUT2D eigenvalue weighted by Gasteiger charge is -2.35. The molecule has 0 amide bonds. The first-order chi connectivity index (χ1) is 13.5. The van der Waals surface area contributed by atoms with E-state index in [9.17, 15) is 14.3 Å². The molecule has 3 nitrogen and oxygen atoms in total. The third-order valence-electron chi connectivity index (χ3n) is 6.16. The Hall–Kier alpha value is -2.49. The number of carboxylic acids is 1. The van der Waals surface area contributed by atoms with Crippen LogP contribution in [0.25, 0.3) is 5.57 Å². The summed E-state index contributed by atoms with van der Waals surface area (Å²) in [5.74, 6) is -1.46. The minimum Gasteiger partial charge on any atom is -0.480 e. The van der Waals surface area contributed by atoms with E-state index in [1.807, 2.05) is 13.8 Å². The molecule has 146 valence electrons. The Balaban J connectivity index is 1.96. The fraction of sp³-hybridized carbons (Fsp3) is 0.417. The molecule has 1 aromatic carbocycles. The number of rotatable bonds is 3. The monoisotopic (exact) mass is 379 g/mol. The van der Waals surface area contributed by atoms with Crippen LogP contribution in [0.5, 0.6) is 0 Å². The van der Waals surface area contributed by atoms with E-state index in [4.69, 9.17) is 4.99 Å². The molecule has 4 heteroatoms. The summed E-state index contributed by atoms with van der Waals surface area (Å²) in [6.07, 6.45) is 10.5. The van der Waals surface area contributed by atoms with Crippen LogP contribution in [0.2, 0.25) is 0 Å². The van der Waals surface area contributed by atoms with Crippen LogP contribution < -0.4 is 0 Å². The molecule has 0 bridgehead atoms. The van der Waals surface area contributed by atoms with Crippen molar-refractivity contribution < 1.29 is 14.3 Å². The van der Waals surface area contributed by atoms with Crippen molar-refractivity contribution in [3.8, 4) is 0 Å². The van der Waals surface area contributed by atoms with Crippen molar-refractivity contribution in [2.24, 2.45) is 22.7 Å². The third-order valence-corrected chi connectivity index (χ3v) is 6.16. The van der Waals surface area contributed by atoms with E-state index in [0.717, 1.165) is 48.1 Å². The van der Waals surface area contributed by atoms with Gasteiger partial charge in [-0.2, -0.15) is 0 Å². The van der Waals surface area contributed by atoms with Gasteiger partial charge < -0.3 is 5.11 Å². The highest BCUT2D eigenvalue weighted by atomic mass is 19.1. The zero-order valence-electron chi connectivity index (χ0n) is 16.4. The molecule has 28 heavy (non-hydrogen) atoms. The summed E-state index contributed by atoms with van der Waals surface area (Å²) in [7, 11) is 0. The van der Waals surface area contributed by atoms with Crippen LogP contribution in [0.4, 0.5) is 4.39 Å². The van der Waals surface area contributed by atoms with E-state index < -0.39 is 11.9 Å². The Kier molecular flexibility index (Phi) is 5.05. The second-order valence-electron chi connectivity index (χ2n) is 8.25. The Bertz CT molecular complexity index is 905. The van der Waals surface area contributed by atoms with Crippen molar-refractivity contribution in [2.75, 3.05) is 0 Å². The summed E-state index contributed by atoms with van der Waals surface area (Å²) < 4.78 is 13.6. The topological polar surface area (TPSA) is 49.7 Å². The van der Waals surface area contributed by atoms with Crippen molar-refractivity contribution in [3.05, 3.63) is 65.0 Å². The van der Waals surface area contributed by atoms with Gasteiger partial charge in [0.05, 0.1) is 6.04 Å². The zero-order valence-corrected chi connectivity index (χ0v) is 16.4. The third kappa shape index (κ3) is 3.25. The lowest BCUT2D eigenvalue weighted by molar-refractivity contribution is -0.137. The highest BCUT2D eigenvalue weighted by Gasteiger charge is 2.41. The number of hydrogen-bond donors (Lipinski definition) is 1. The standard InChI is InChI=1S/C24H26FNO2/c1-14(2)22-21(24(27)28)20(16-10-12-17(25)13-11-16)19-9-5-7-15-6-3-4-8-18(15)23(19)26-22/h3-4,8,10-15,21,23H,5-7,9H2,1-2H3,(H,27,28). The average Bonchev–Trinajstić information content (AvgIpc) is 2.86. The number of aliphatic carboxylic acids is 1. The maximum Gasteiger partial charge on any atom is 0.316 e. The van der Waals surface area contributed by atoms with Crippen LogP contribution in [-0.2, 0) is 4.79 Å². The summed E-state index contributed by atoms with van der Waals surface area (Å²) >= 11 is 0. The number of carboxylic acid groups (broad SMARTS) is 1. The van der Waals surface area contributed by atoms with Crippen LogP contribution in [-0.4, -0.2) is 22.8 Å². The summed E-state index contributed by atoms with van der Waals surface area (Å²) in [6.45, 7) is 4.01. The smallest absolute Gasteiger partial charge is 0.316 e. The highest BCUT2D eigenvalue weighted by Crippen LogP contribution is 2.46. The van der Waals surface area contributed by atoms with Gasteiger partial charge in [0.25, 0.3) is 0 Å². The van der Waals surface area contributed by atoms with Crippen molar-refractivity contribution in [2.45, 2.75) is 45.6 Å². The molecule has 1 fully saturated rings. The largest absolute Gasteiger partial charge is 0.480 e. The lowest BCUT2D eigenvalue weighted by Crippen LogP contribution is -2.36. The maximum absolute atomic E-state index is 13.6. The minimum atomic E-state index is -0.879. The molecular formula is C24H26FNO2. The predicted octanol–water partition coefficient (Wildman–Crippen LogP) is 5.45. The van der Waals surface area contributed by atoms with E-state index >= 15 is 0 Å². The fourth-order valence-electron chi connectivity index (χ4n) is 4.88. The molecule has 1 aliphatic heterocycles. The van der Waals surface area contributed by atoms with Crippen molar-refractivity contribution in [1.29, 1.82) is 0 Å². The lowest BCUT2D eigenvalue weighted by atomic mass is 9.74. The number of benzene rings is 1. The highest BCUT2D eigenvalue weighted by molar-refractivity contribution is 6.14. The van der Waals surface area contributed by atoms with Gasteiger partial charge in [0, 0.05) is 5.71 Å². The summed E-state index contributed by atoms with van der Waals surface area (Å²) in [4.78, 5) is 17.4. The molecule has 4 rings (SSSR count). The maximum atomic E-state index is 13.6. The molecule has 0 radical (unpaired) electrons. The van der Waals surface area contributed by atoms with Gasteiger partial charge in [-0.25, -0.2) is 4.39 Å². The van der Waals surface area contributed by atoms with Gasteiger partial charge in [-0.3, -0.25) is 9.79 Å². The van der Waals surface area contributed by atoms with Crippen molar-refractivity contribution in [3.63, 3.8) is 0 Å². The number of aliphatic imine (C=N–C) groups is 1. The first-order valence-corrected chi connectivity index (χ1v) is 10.1. The molecule has 1 heterocycles. The molecular weight excluding hydrogens is 353 g/mol. The zero-order chi connectivity index (χ0) is 19.8. The Morgan fingerprint density at radius 3 is 2.68 bits per heavy atom. The van der Waals surface area contributed by atoms with Gasteiger partial charge in [0.2, 0.25) is 0 Å². The Morgan fingerprint density at radius 1 is 1.25 bits per heavy atom. The molecule has 2 aliphatic carbocycles. The number of allylic oxidation sites excluding steroid dienone is 3. The van der Waals surface area contributed by atoms with Crippen molar-refractivity contribution in [1.82, 2.24) is 0 Å². The van der Waals surface area contributed by atoms with Gasteiger partial charge in [0.15, 0.2) is 0 Å². The van der Waals surface area contributed by atoms with Crippen LogP contribution in [0.1, 0.15) is 45.1 Å². The van der Waals surface area contributed by atoms with Crippen LogP contribution in [0.3, 0.4) is 0 Å². The first-order valence-electron chi connectivity index (χ1n) is 10.1. The van der Waals surface area contributed by atoms with Gasteiger partial charge in [-0.05, 0) is 71.9 Å². The molecule has 0 aromatic heterocycles. The molecule has 1 N–H and O–H groups in total. The SMILES string of the molecule is CC(C)C1=NC2C3=CC=CCC3CCCC2=C(c2ccc(F)cc2)C1C(=O)O. The van der Waals surface area contributed by atoms with E-state index in [-0.39, 0.29) is 17.8 Å². The molecule has 3 aliphatic rings. The summed E-state index contributed by atoms with van der Waals surface area (Å²) in [5, 5.41) is 10.1. The average molecular weight is 379 g/mol. The van der Waals surface area contributed by atoms with E-state index in [1.165, 1.54) is 17.7 Å². The van der Waals surface area contributed by atoms with Crippen LogP contribution >= 0.6 is 0 Å². The van der Waals surface area contributed by atoms with Gasteiger partial charge in [0.1, 0.15) is 11.7 Å². The number of dihydropyridines is 1. The van der Waals surface area contributed by atoms with Gasteiger partial charge >= 0.3 is 5.97 Å². The molecule has 3 unspecified atom stereocenters. The molecule has 1 aromatic rings. The minimum absolute atomic E-state index is 0.0273. The number of nitrogens with zero attached hydrogens (tertiary/aromatic N) is 1. The molecule has 0 spiro atoms. The number of fused-ring (bicyclic) bond motifs is 3. The quantitative estimate of drug-likeness (QED) is 0.760. The predicted molar refractivity (Wildman–Crippen MR) is 110 cm³/mol. The van der Waals surface area contributed by atoms with Crippen LogP contribution in [0, 0.1) is 23.6 Å². The Labute approximate surface area is 165 Å². The number of halogens is 1. The Morgan fingerprint density at radius 2 is 2.00 bits per heavy atom. The normalized spacial score (nSPS) is 26.9. The second-order valence-corrected chi connectivity index (χ2v) is 8.25. The summed E-state index contributed by atoms with van der Waals surface area (Å²) in [5.41, 5.74) is 4.75. The summed E-state index contributed by atoms with van der Waals surface area (Å²) in [6, 6.07) is 6.17.